The summed E-state index contributed by atoms with van der Waals surface area (Å²) < 4.78 is 5.43. The average molecular weight is 317 g/mol. The molecule has 0 spiro atoms. The Kier molecular flexibility index (Phi) is 6.17. The number of aliphatic hydroxyl groups is 1. The minimum Gasteiger partial charge on any atom is -0.444 e. The van der Waals surface area contributed by atoms with E-state index in [9.17, 15) is 9.90 Å². The van der Waals surface area contributed by atoms with Crippen LogP contribution in [0.3, 0.4) is 0 Å². The van der Waals surface area contributed by atoms with Gasteiger partial charge in [0.2, 0.25) is 5.89 Å². The van der Waals surface area contributed by atoms with Crippen molar-refractivity contribution < 1.29 is 14.3 Å². The SMILES string of the molecule is CCCC(O)CNC(=O)NCc1coc(-c2ccc(C)cc2)n1. The second-order valence-electron chi connectivity index (χ2n) is 5.52. The van der Waals surface area contributed by atoms with Gasteiger partial charge in [0.05, 0.1) is 18.3 Å². The highest BCUT2D eigenvalue weighted by atomic mass is 16.3. The summed E-state index contributed by atoms with van der Waals surface area (Å²) in [4.78, 5) is 16.0. The zero-order valence-corrected chi connectivity index (χ0v) is 13.5. The number of nitrogens with zero attached hydrogens (tertiary/aromatic N) is 1. The fourth-order valence-electron chi connectivity index (χ4n) is 2.10. The van der Waals surface area contributed by atoms with Gasteiger partial charge in [-0.3, -0.25) is 0 Å². The first-order valence-electron chi connectivity index (χ1n) is 7.79. The maximum absolute atomic E-state index is 11.6. The molecule has 2 aromatic rings. The Balaban J connectivity index is 1.80. The van der Waals surface area contributed by atoms with Gasteiger partial charge < -0.3 is 20.2 Å². The monoisotopic (exact) mass is 317 g/mol. The Hall–Kier alpha value is -2.34. The van der Waals surface area contributed by atoms with E-state index in [1.165, 1.54) is 11.8 Å². The number of hydrogen-bond acceptors (Lipinski definition) is 4. The summed E-state index contributed by atoms with van der Waals surface area (Å²) in [5.74, 6) is 0.528. The number of aryl methyl sites for hydroxylation is 1. The van der Waals surface area contributed by atoms with Crippen molar-refractivity contribution in [3.63, 3.8) is 0 Å². The Labute approximate surface area is 135 Å². The number of urea groups is 1. The van der Waals surface area contributed by atoms with Crippen molar-refractivity contribution in [2.45, 2.75) is 39.3 Å². The molecule has 1 unspecified atom stereocenters. The molecule has 0 saturated heterocycles. The minimum atomic E-state index is -0.508. The minimum absolute atomic E-state index is 0.243. The summed E-state index contributed by atoms with van der Waals surface area (Å²) >= 11 is 0. The standard InChI is InChI=1S/C17H23N3O3/c1-3-4-15(21)10-19-17(22)18-9-14-11-23-16(20-14)13-7-5-12(2)6-8-13/h5-8,11,15,21H,3-4,9-10H2,1-2H3,(H2,18,19,22). The van der Waals surface area contributed by atoms with Crippen LogP contribution < -0.4 is 10.6 Å². The molecule has 124 valence electrons. The van der Waals surface area contributed by atoms with Gasteiger partial charge in [0.15, 0.2) is 0 Å². The fraction of sp³-hybridized carbons (Fsp3) is 0.412. The molecule has 1 aromatic carbocycles. The molecule has 0 radical (unpaired) electrons. The number of nitrogens with one attached hydrogen (secondary N) is 2. The summed E-state index contributed by atoms with van der Waals surface area (Å²) in [6, 6.07) is 7.54. The van der Waals surface area contributed by atoms with E-state index in [2.05, 4.69) is 15.6 Å². The van der Waals surface area contributed by atoms with Crippen molar-refractivity contribution in [1.82, 2.24) is 15.6 Å². The second kappa shape index (κ2) is 8.33. The number of carbonyl (C=O) groups excluding carboxylic acids is 1. The molecule has 2 amide bonds. The van der Waals surface area contributed by atoms with Crippen molar-refractivity contribution in [1.29, 1.82) is 0 Å². The number of carbonyl (C=O) groups is 1. The van der Waals surface area contributed by atoms with Gasteiger partial charge >= 0.3 is 6.03 Å². The molecular weight excluding hydrogens is 294 g/mol. The molecule has 6 nitrogen and oxygen atoms in total. The van der Waals surface area contributed by atoms with Crippen molar-refractivity contribution in [2.75, 3.05) is 6.54 Å². The van der Waals surface area contributed by atoms with Gasteiger partial charge in [0, 0.05) is 12.1 Å². The third-order valence-electron chi connectivity index (χ3n) is 3.40. The highest BCUT2D eigenvalue weighted by molar-refractivity contribution is 5.73. The third kappa shape index (κ3) is 5.41. The molecule has 1 heterocycles. The van der Waals surface area contributed by atoms with E-state index in [0.29, 0.717) is 18.0 Å². The maximum Gasteiger partial charge on any atom is 0.315 e. The maximum atomic E-state index is 11.6. The predicted molar refractivity (Wildman–Crippen MR) is 87.8 cm³/mol. The van der Waals surface area contributed by atoms with E-state index in [-0.39, 0.29) is 19.1 Å². The summed E-state index contributed by atoms with van der Waals surface area (Å²) in [5.41, 5.74) is 2.71. The van der Waals surface area contributed by atoms with E-state index >= 15 is 0 Å². The summed E-state index contributed by atoms with van der Waals surface area (Å²) in [7, 11) is 0. The lowest BCUT2D eigenvalue weighted by Crippen LogP contribution is -2.39. The zero-order valence-electron chi connectivity index (χ0n) is 13.5. The van der Waals surface area contributed by atoms with Gasteiger partial charge in [-0.25, -0.2) is 9.78 Å². The van der Waals surface area contributed by atoms with Crippen LogP contribution in [0.2, 0.25) is 0 Å². The van der Waals surface area contributed by atoms with Gasteiger partial charge in [-0.2, -0.15) is 0 Å². The van der Waals surface area contributed by atoms with E-state index in [1.807, 2.05) is 38.1 Å². The molecule has 1 atom stereocenters. The molecule has 0 fully saturated rings. The van der Waals surface area contributed by atoms with Crippen LogP contribution in [0, 0.1) is 6.92 Å². The van der Waals surface area contributed by atoms with Crippen LogP contribution in [0.4, 0.5) is 4.79 Å². The Morgan fingerprint density at radius 1 is 1.30 bits per heavy atom. The fourth-order valence-corrected chi connectivity index (χ4v) is 2.10. The lowest BCUT2D eigenvalue weighted by Gasteiger charge is -2.10. The molecule has 0 aliphatic carbocycles. The topological polar surface area (TPSA) is 87.4 Å². The van der Waals surface area contributed by atoms with Gasteiger partial charge in [0.1, 0.15) is 6.26 Å². The molecule has 0 saturated carbocycles. The van der Waals surface area contributed by atoms with Crippen LogP contribution in [0.5, 0.6) is 0 Å². The first-order chi connectivity index (χ1) is 11.1. The van der Waals surface area contributed by atoms with Crippen LogP contribution in [0.1, 0.15) is 31.0 Å². The largest absolute Gasteiger partial charge is 0.444 e. The molecule has 0 aliphatic heterocycles. The van der Waals surface area contributed by atoms with Crippen LogP contribution in [0.25, 0.3) is 11.5 Å². The van der Waals surface area contributed by atoms with E-state index in [1.54, 1.807) is 0 Å². The number of oxazole rings is 1. The Morgan fingerprint density at radius 3 is 2.74 bits per heavy atom. The Morgan fingerprint density at radius 2 is 2.04 bits per heavy atom. The van der Waals surface area contributed by atoms with Crippen LogP contribution in [-0.2, 0) is 6.54 Å². The van der Waals surface area contributed by atoms with Crippen LogP contribution in [0.15, 0.2) is 34.9 Å². The second-order valence-corrected chi connectivity index (χ2v) is 5.52. The smallest absolute Gasteiger partial charge is 0.315 e. The number of hydrogen-bond donors (Lipinski definition) is 3. The van der Waals surface area contributed by atoms with Gasteiger partial charge in [0.25, 0.3) is 0 Å². The quantitative estimate of drug-likeness (QED) is 0.732. The third-order valence-corrected chi connectivity index (χ3v) is 3.40. The van der Waals surface area contributed by atoms with Gasteiger partial charge in [-0.1, -0.05) is 31.0 Å². The summed E-state index contributed by atoms with van der Waals surface area (Å²) in [5, 5.41) is 14.9. The highest BCUT2D eigenvalue weighted by Gasteiger charge is 2.09. The van der Waals surface area contributed by atoms with Crippen molar-refractivity contribution in [2.24, 2.45) is 0 Å². The van der Waals surface area contributed by atoms with E-state index in [0.717, 1.165) is 12.0 Å². The number of aliphatic hydroxyl groups excluding tert-OH is 1. The summed E-state index contributed by atoms with van der Waals surface area (Å²) in [6.07, 6.45) is 2.57. The number of amides is 2. The predicted octanol–water partition coefficient (Wildman–Crippen LogP) is 2.61. The number of rotatable bonds is 7. The lowest BCUT2D eigenvalue weighted by atomic mass is 10.1. The van der Waals surface area contributed by atoms with Crippen molar-refractivity contribution in [3.8, 4) is 11.5 Å². The molecule has 0 bridgehead atoms. The molecule has 23 heavy (non-hydrogen) atoms. The van der Waals surface area contributed by atoms with Crippen molar-refractivity contribution in [3.05, 3.63) is 41.8 Å². The zero-order chi connectivity index (χ0) is 16.7. The Bertz CT molecular complexity index is 622. The molecule has 6 heteroatoms. The average Bonchev–Trinajstić information content (AvgIpc) is 3.01. The molecule has 2 rings (SSSR count). The first-order valence-corrected chi connectivity index (χ1v) is 7.79. The molecule has 0 aliphatic rings. The van der Waals surface area contributed by atoms with E-state index < -0.39 is 6.10 Å². The van der Waals surface area contributed by atoms with Crippen LogP contribution >= 0.6 is 0 Å². The van der Waals surface area contributed by atoms with Gasteiger partial charge in [-0.15, -0.1) is 0 Å². The summed E-state index contributed by atoms with van der Waals surface area (Å²) in [6.45, 7) is 4.52. The molecule has 3 N–H and O–H groups in total. The van der Waals surface area contributed by atoms with E-state index in [4.69, 9.17) is 4.42 Å². The molecular formula is C17H23N3O3. The lowest BCUT2D eigenvalue weighted by molar-refractivity contribution is 0.160. The van der Waals surface area contributed by atoms with Crippen LogP contribution in [-0.4, -0.2) is 28.8 Å². The highest BCUT2D eigenvalue weighted by Crippen LogP contribution is 2.18. The number of benzene rings is 1. The first kappa shape index (κ1) is 17.0. The van der Waals surface area contributed by atoms with Gasteiger partial charge in [-0.05, 0) is 25.5 Å². The number of aromatic nitrogens is 1. The van der Waals surface area contributed by atoms with Crippen molar-refractivity contribution >= 4 is 6.03 Å². The molecule has 1 aromatic heterocycles. The normalized spacial score (nSPS) is 12.0.